The van der Waals surface area contributed by atoms with Gasteiger partial charge in [0.25, 0.3) is 5.91 Å². The zero-order chi connectivity index (χ0) is 16.9. The molecule has 1 atom stereocenters. The van der Waals surface area contributed by atoms with Gasteiger partial charge in [-0.25, -0.2) is 0 Å². The summed E-state index contributed by atoms with van der Waals surface area (Å²) in [4.78, 5) is 29.3. The first kappa shape index (κ1) is 16.7. The van der Waals surface area contributed by atoms with Gasteiger partial charge in [-0.05, 0) is 22.9 Å². The molecule has 2 aromatic rings. The van der Waals surface area contributed by atoms with E-state index < -0.39 is 0 Å². The Balaban J connectivity index is 1.51. The number of carbonyl (C=O) groups excluding carboxylic acids is 2. The van der Waals surface area contributed by atoms with Crippen LogP contribution in [-0.4, -0.2) is 47.8 Å². The number of thiophene rings is 1. The number of nitrogens with zero attached hydrogens (tertiary/aromatic N) is 2. The first-order valence-corrected chi connectivity index (χ1v) is 9.18. The van der Waals surface area contributed by atoms with E-state index >= 15 is 0 Å². The number of benzene rings is 1. The van der Waals surface area contributed by atoms with Crippen molar-refractivity contribution in [1.29, 1.82) is 0 Å². The maximum atomic E-state index is 12.5. The molecule has 0 bridgehead atoms. The predicted molar refractivity (Wildman–Crippen MR) is 96.3 cm³/mol. The Morgan fingerprint density at radius 1 is 1.00 bits per heavy atom. The summed E-state index contributed by atoms with van der Waals surface area (Å²) < 4.78 is 0. The highest BCUT2D eigenvalue weighted by Gasteiger charge is 2.26. The van der Waals surface area contributed by atoms with E-state index in [0.717, 1.165) is 4.88 Å². The highest BCUT2D eigenvalue weighted by Crippen LogP contribution is 2.20. The lowest BCUT2D eigenvalue weighted by molar-refractivity contribution is -0.133. The van der Waals surface area contributed by atoms with Gasteiger partial charge in [0, 0.05) is 32.6 Å². The van der Waals surface area contributed by atoms with E-state index in [-0.39, 0.29) is 17.7 Å². The molecular weight excluding hydrogens is 320 g/mol. The van der Waals surface area contributed by atoms with Gasteiger partial charge in [-0.15, -0.1) is 11.3 Å². The van der Waals surface area contributed by atoms with Crippen molar-refractivity contribution in [2.24, 2.45) is 0 Å². The summed E-state index contributed by atoms with van der Waals surface area (Å²) in [6.07, 6.45) is 0.517. The van der Waals surface area contributed by atoms with Crippen LogP contribution >= 0.6 is 11.3 Å². The summed E-state index contributed by atoms with van der Waals surface area (Å²) in [6, 6.07) is 13.9. The molecule has 1 aliphatic heterocycles. The van der Waals surface area contributed by atoms with Gasteiger partial charge in [-0.1, -0.05) is 43.3 Å². The average molecular weight is 342 g/mol. The van der Waals surface area contributed by atoms with Crippen molar-refractivity contribution in [3.8, 4) is 0 Å². The minimum atomic E-state index is 0.0785. The minimum absolute atomic E-state index is 0.0785. The molecule has 1 aromatic carbocycles. The van der Waals surface area contributed by atoms with Crippen molar-refractivity contribution in [1.82, 2.24) is 9.80 Å². The molecule has 0 saturated carbocycles. The first-order valence-electron chi connectivity index (χ1n) is 8.30. The molecule has 0 N–H and O–H groups in total. The van der Waals surface area contributed by atoms with Crippen LogP contribution in [0.15, 0.2) is 47.8 Å². The van der Waals surface area contributed by atoms with E-state index in [2.05, 4.69) is 19.1 Å². The van der Waals surface area contributed by atoms with Gasteiger partial charge >= 0.3 is 0 Å². The van der Waals surface area contributed by atoms with Crippen molar-refractivity contribution < 1.29 is 9.59 Å². The summed E-state index contributed by atoms with van der Waals surface area (Å²) in [5.74, 6) is 0.466. The smallest absolute Gasteiger partial charge is 0.264 e. The zero-order valence-corrected chi connectivity index (χ0v) is 14.7. The average Bonchev–Trinajstić information content (AvgIpc) is 3.16. The summed E-state index contributed by atoms with van der Waals surface area (Å²) in [7, 11) is 0. The van der Waals surface area contributed by atoms with Gasteiger partial charge < -0.3 is 9.80 Å². The van der Waals surface area contributed by atoms with Gasteiger partial charge in [-0.3, -0.25) is 9.59 Å². The second-order valence-corrected chi connectivity index (χ2v) is 7.11. The fourth-order valence-corrected chi connectivity index (χ4v) is 3.70. The Bertz CT molecular complexity index is 677. The van der Waals surface area contributed by atoms with Crippen LogP contribution in [-0.2, 0) is 4.79 Å². The topological polar surface area (TPSA) is 40.6 Å². The molecule has 2 heterocycles. The molecule has 1 aromatic heterocycles. The van der Waals surface area contributed by atoms with Crippen LogP contribution in [0.2, 0.25) is 0 Å². The second-order valence-electron chi connectivity index (χ2n) is 6.17. The molecule has 0 radical (unpaired) electrons. The molecule has 4 nitrogen and oxygen atoms in total. The third kappa shape index (κ3) is 3.85. The quantitative estimate of drug-likeness (QED) is 0.856. The molecule has 5 heteroatoms. The normalized spacial score (nSPS) is 16.0. The number of hydrogen-bond acceptors (Lipinski definition) is 3. The van der Waals surface area contributed by atoms with Gasteiger partial charge in [0.1, 0.15) is 0 Å². The van der Waals surface area contributed by atoms with E-state index in [4.69, 9.17) is 0 Å². The van der Waals surface area contributed by atoms with Gasteiger partial charge in [0.05, 0.1) is 4.88 Å². The summed E-state index contributed by atoms with van der Waals surface area (Å²) in [5, 5.41) is 1.91. The van der Waals surface area contributed by atoms with Crippen LogP contribution in [0.5, 0.6) is 0 Å². The van der Waals surface area contributed by atoms with Crippen LogP contribution in [0.3, 0.4) is 0 Å². The van der Waals surface area contributed by atoms with Crippen LogP contribution in [0, 0.1) is 0 Å². The van der Waals surface area contributed by atoms with Crippen LogP contribution in [0.4, 0.5) is 0 Å². The van der Waals surface area contributed by atoms with Crippen molar-refractivity contribution in [3.05, 3.63) is 58.3 Å². The van der Waals surface area contributed by atoms with E-state index in [9.17, 15) is 9.59 Å². The highest BCUT2D eigenvalue weighted by atomic mass is 32.1. The number of carbonyl (C=O) groups is 2. The number of rotatable bonds is 4. The third-order valence-electron chi connectivity index (χ3n) is 4.50. The largest absolute Gasteiger partial charge is 0.339 e. The van der Waals surface area contributed by atoms with E-state index in [1.165, 1.54) is 16.9 Å². The van der Waals surface area contributed by atoms with Crippen LogP contribution < -0.4 is 0 Å². The lowest BCUT2D eigenvalue weighted by atomic mass is 9.97. The van der Waals surface area contributed by atoms with Gasteiger partial charge in [0.2, 0.25) is 5.91 Å². The maximum absolute atomic E-state index is 12.5. The number of piperazine rings is 1. The second kappa shape index (κ2) is 7.62. The first-order chi connectivity index (χ1) is 11.6. The van der Waals surface area contributed by atoms with Crippen molar-refractivity contribution in [3.63, 3.8) is 0 Å². The van der Waals surface area contributed by atoms with E-state index in [1.807, 2.05) is 45.5 Å². The molecule has 0 spiro atoms. The summed E-state index contributed by atoms with van der Waals surface area (Å²) in [5.41, 5.74) is 1.19. The molecule has 3 rings (SSSR count). The Kier molecular flexibility index (Phi) is 5.30. The zero-order valence-electron chi connectivity index (χ0n) is 13.9. The standard InChI is InChI=1S/C19H22N2O2S/c1-15(16-6-3-2-4-7-16)14-18(22)20-9-11-21(12-10-20)19(23)17-8-5-13-24-17/h2-8,13,15H,9-12,14H2,1H3/t15-/m0/s1. The molecular formula is C19H22N2O2S. The monoisotopic (exact) mass is 342 g/mol. The van der Waals surface area contributed by atoms with Crippen molar-refractivity contribution in [2.45, 2.75) is 19.3 Å². The molecule has 2 amide bonds. The van der Waals surface area contributed by atoms with Crippen LogP contribution in [0.1, 0.15) is 34.5 Å². The van der Waals surface area contributed by atoms with Gasteiger partial charge in [0.15, 0.2) is 0 Å². The SMILES string of the molecule is C[C@@H](CC(=O)N1CCN(C(=O)c2cccs2)CC1)c1ccccc1. The molecule has 1 aliphatic rings. The lowest BCUT2D eigenvalue weighted by Gasteiger charge is -2.35. The lowest BCUT2D eigenvalue weighted by Crippen LogP contribution is -2.50. The molecule has 1 saturated heterocycles. The van der Waals surface area contributed by atoms with Crippen molar-refractivity contribution in [2.75, 3.05) is 26.2 Å². The van der Waals surface area contributed by atoms with Crippen LogP contribution in [0.25, 0.3) is 0 Å². The van der Waals surface area contributed by atoms with Crippen molar-refractivity contribution >= 4 is 23.2 Å². The van der Waals surface area contributed by atoms with E-state index in [1.54, 1.807) is 0 Å². The Morgan fingerprint density at radius 3 is 2.29 bits per heavy atom. The molecule has 0 aliphatic carbocycles. The fraction of sp³-hybridized carbons (Fsp3) is 0.368. The van der Waals surface area contributed by atoms with Gasteiger partial charge in [-0.2, -0.15) is 0 Å². The Morgan fingerprint density at radius 2 is 1.67 bits per heavy atom. The predicted octanol–water partition coefficient (Wildman–Crippen LogP) is 3.23. The maximum Gasteiger partial charge on any atom is 0.264 e. The Labute approximate surface area is 146 Å². The molecule has 1 fully saturated rings. The third-order valence-corrected chi connectivity index (χ3v) is 5.36. The highest BCUT2D eigenvalue weighted by molar-refractivity contribution is 7.12. The van der Waals surface area contributed by atoms with E-state index in [0.29, 0.717) is 32.6 Å². The summed E-state index contributed by atoms with van der Waals surface area (Å²) in [6.45, 7) is 4.56. The molecule has 126 valence electrons. The summed E-state index contributed by atoms with van der Waals surface area (Å²) >= 11 is 1.47. The fourth-order valence-electron chi connectivity index (χ4n) is 3.01. The number of hydrogen-bond donors (Lipinski definition) is 0. The minimum Gasteiger partial charge on any atom is -0.339 e. The Hall–Kier alpha value is -2.14. The number of amides is 2. The molecule has 24 heavy (non-hydrogen) atoms. The molecule has 0 unspecified atom stereocenters.